The van der Waals surface area contributed by atoms with Crippen LogP contribution in [0.3, 0.4) is 0 Å². The Morgan fingerprint density at radius 3 is 0.929 bits per heavy atom. The molecular formula is C34H46O4P2Pd2. The van der Waals surface area contributed by atoms with E-state index in [1.807, 2.05) is 0 Å². The van der Waals surface area contributed by atoms with Crippen LogP contribution in [0.4, 0.5) is 0 Å². The van der Waals surface area contributed by atoms with E-state index >= 15 is 0 Å². The number of hydrogen-bond donors (Lipinski definition) is 4. The maximum absolute atomic E-state index is 7.61. The molecule has 0 aromatic heterocycles. The number of aliphatic hydroxyl groups is 4. The molecule has 4 aromatic rings. The molecule has 0 amide bonds. The first-order chi connectivity index (χ1) is 18.9. The molecular weight excluding hydrogens is 747 g/mol. The second-order valence-electron chi connectivity index (χ2n) is 9.46. The summed E-state index contributed by atoms with van der Waals surface area (Å²) in [6.45, 7) is 19.9. The summed E-state index contributed by atoms with van der Waals surface area (Å²) in [6.07, 6.45) is -2.33. The van der Waals surface area contributed by atoms with Crippen LogP contribution >= 0.6 is 15.8 Å². The number of aryl methyl sites for hydroxylation is 2. The van der Waals surface area contributed by atoms with Crippen molar-refractivity contribution < 1.29 is 61.3 Å². The van der Waals surface area contributed by atoms with Gasteiger partial charge in [-0.25, -0.2) is 0 Å². The van der Waals surface area contributed by atoms with Crippen molar-refractivity contribution in [3.8, 4) is 0 Å². The molecule has 0 heterocycles. The Kier molecular flexibility index (Phi) is 23.5. The van der Waals surface area contributed by atoms with Crippen molar-refractivity contribution in [1.29, 1.82) is 0 Å². The fourth-order valence-electron chi connectivity index (χ4n) is 4.05. The molecule has 4 aromatic carbocycles. The van der Waals surface area contributed by atoms with E-state index in [2.05, 4.69) is 138 Å². The van der Waals surface area contributed by atoms with Crippen LogP contribution in [0.25, 0.3) is 0 Å². The molecule has 0 spiro atoms. The van der Waals surface area contributed by atoms with Crippen LogP contribution in [0.2, 0.25) is 0 Å². The zero-order valence-corrected chi connectivity index (χ0v) is 30.3. The van der Waals surface area contributed by atoms with E-state index in [1.54, 1.807) is 0 Å². The average molecular weight is 794 g/mol. The van der Waals surface area contributed by atoms with Crippen molar-refractivity contribution in [1.82, 2.24) is 0 Å². The monoisotopic (exact) mass is 792 g/mol. The molecule has 0 radical (unpaired) electrons. The first-order valence-electron chi connectivity index (χ1n) is 13.2. The van der Waals surface area contributed by atoms with E-state index in [4.69, 9.17) is 20.4 Å². The SMILES string of the molecule is CC(O)O.CC(O)O.[CH2-]c1ccccc1[PH+](C)c1ccccc1C.[CH2-]c1ccccc1[PH+](C)c1ccccc1C.[Pd].[Pd]. The van der Waals surface area contributed by atoms with Crippen molar-refractivity contribution in [2.75, 3.05) is 13.3 Å². The topological polar surface area (TPSA) is 80.9 Å². The van der Waals surface area contributed by atoms with E-state index in [0.29, 0.717) is 0 Å². The van der Waals surface area contributed by atoms with Gasteiger partial charge in [0.25, 0.3) is 0 Å². The normalized spacial score (nSPS) is 11.1. The quantitative estimate of drug-likeness (QED) is 0.106. The van der Waals surface area contributed by atoms with Gasteiger partial charge in [-0.2, -0.15) is 37.1 Å². The van der Waals surface area contributed by atoms with Crippen LogP contribution in [-0.4, -0.2) is 46.3 Å². The van der Waals surface area contributed by atoms with Gasteiger partial charge in [0.05, 0.1) is 10.6 Å². The van der Waals surface area contributed by atoms with Gasteiger partial charge in [0.1, 0.15) is 12.6 Å². The van der Waals surface area contributed by atoms with Crippen molar-refractivity contribution in [2.24, 2.45) is 0 Å². The van der Waals surface area contributed by atoms with Gasteiger partial charge >= 0.3 is 0 Å². The Morgan fingerprint density at radius 2 is 0.690 bits per heavy atom. The molecule has 0 saturated heterocycles. The number of rotatable bonds is 4. The van der Waals surface area contributed by atoms with Gasteiger partial charge in [0.2, 0.25) is 0 Å². The van der Waals surface area contributed by atoms with Gasteiger partial charge in [-0.1, -0.05) is 60.7 Å². The number of hydrogen-bond acceptors (Lipinski definition) is 4. The predicted molar refractivity (Wildman–Crippen MR) is 179 cm³/mol. The van der Waals surface area contributed by atoms with Crippen LogP contribution in [0.1, 0.15) is 36.1 Å². The second kappa shape index (κ2) is 23.1. The number of benzene rings is 4. The first-order valence-corrected chi connectivity index (χ1v) is 17.2. The molecule has 42 heavy (non-hydrogen) atoms. The summed E-state index contributed by atoms with van der Waals surface area (Å²) in [7, 11) is -1.33. The third-order valence-electron chi connectivity index (χ3n) is 5.94. The Hall–Kier alpha value is -1.36. The Bertz CT molecular complexity index is 1090. The summed E-state index contributed by atoms with van der Waals surface area (Å²) in [4.78, 5) is 0. The molecule has 0 fully saturated rings. The fourth-order valence-corrected chi connectivity index (χ4v) is 8.49. The molecule has 8 heteroatoms. The van der Waals surface area contributed by atoms with Gasteiger partial charge < -0.3 is 20.4 Å². The molecule has 0 aliphatic heterocycles. The van der Waals surface area contributed by atoms with Gasteiger partial charge in [0, 0.05) is 70.0 Å². The fraction of sp³-hybridized carbons (Fsp3) is 0.235. The predicted octanol–water partition coefficient (Wildman–Crippen LogP) is 4.57. The largest absolute Gasteiger partial charge is 0.368 e. The zero-order valence-electron chi connectivity index (χ0n) is 25.2. The molecule has 4 nitrogen and oxygen atoms in total. The smallest absolute Gasteiger partial charge is 0.148 e. The standard InChI is InChI=1S/2C15H16P.2C2H6O2.2Pd/c2*1-12-8-4-6-10-14(12)16(3)15-11-7-5-9-13(15)2;2*1-2(3)4;;/h2*4-11H,1H2,2-3H3;2*2-4H,1H3;;/q2*-1;;;;/p+2. The average Bonchev–Trinajstić information content (AvgIpc) is 2.89. The van der Waals surface area contributed by atoms with Crippen molar-refractivity contribution >= 4 is 37.1 Å². The summed E-state index contributed by atoms with van der Waals surface area (Å²) in [5, 5.41) is 36.3. The minimum atomic E-state index is -1.17. The van der Waals surface area contributed by atoms with Crippen molar-refractivity contribution in [3.63, 3.8) is 0 Å². The van der Waals surface area contributed by atoms with Crippen LogP contribution in [0.5, 0.6) is 0 Å². The minimum Gasteiger partial charge on any atom is -0.368 e. The molecule has 4 rings (SSSR count). The Balaban J connectivity index is 0. The summed E-state index contributed by atoms with van der Waals surface area (Å²) in [6, 6.07) is 34.3. The number of aliphatic hydroxyl groups excluding tert-OH is 2. The van der Waals surface area contributed by atoms with E-state index in [0.717, 1.165) is 0 Å². The molecule has 0 saturated carbocycles. The Labute approximate surface area is 283 Å². The maximum atomic E-state index is 7.61. The van der Waals surface area contributed by atoms with Crippen molar-refractivity contribution in [3.05, 3.63) is 133 Å². The van der Waals surface area contributed by atoms with Crippen LogP contribution < -0.4 is 21.2 Å². The molecule has 2 atom stereocenters. The van der Waals surface area contributed by atoms with Crippen LogP contribution in [0, 0.1) is 27.7 Å². The third kappa shape index (κ3) is 15.9. The van der Waals surface area contributed by atoms with Gasteiger partial charge in [0.15, 0.2) is 0 Å². The summed E-state index contributed by atoms with van der Waals surface area (Å²) in [5.74, 6) is 0. The second-order valence-corrected chi connectivity index (χ2v) is 14.1. The van der Waals surface area contributed by atoms with Crippen LogP contribution in [-0.2, 0) is 40.8 Å². The third-order valence-corrected chi connectivity index (χ3v) is 11.3. The Morgan fingerprint density at radius 1 is 0.476 bits per heavy atom. The van der Waals surface area contributed by atoms with E-state index in [1.165, 1.54) is 57.3 Å². The molecule has 0 aliphatic carbocycles. The molecule has 236 valence electrons. The summed E-state index contributed by atoms with van der Waals surface area (Å²) < 4.78 is 0. The molecule has 0 bridgehead atoms. The maximum Gasteiger partial charge on any atom is 0.148 e. The van der Waals surface area contributed by atoms with Gasteiger partial charge in [-0.05, 0) is 61.6 Å². The zero-order chi connectivity index (χ0) is 30.2. The van der Waals surface area contributed by atoms with Crippen LogP contribution in [0.15, 0.2) is 97.1 Å². The van der Waals surface area contributed by atoms with E-state index < -0.39 is 28.4 Å². The van der Waals surface area contributed by atoms with E-state index in [-0.39, 0.29) is 40.8 Å². The summed E-state index contributed by atoms with van der Waals surface area (Å²) >= 11 is 0. The van der Waals surface area contributed by atoms with Crippen molar-refractivity contribution in [2.45, 2.75) is 40.3 Å². The molecule has 0 aliphatic rings. The molecule has 4 N–H and O–H groups in total. The first kappa shape index (κ1) is 42.8. The van der Waals surface area contributed by atoms with Gasteiger partial charge in [-0.3, -0.25) is 0 Å². The summed E-state index contributed by atoms with van der Waals surface area (Å²) in [5.41, 5.74) is 5.12. The molecule has 2 unspecified atom stereocenters. The minimum absolute atomic E-state index is 0. The van der Waals surface area contributed by atoms with E-state index in [9.17, 15) is 0 Å². The van der Waals surface area contributed by atoms with Gasteiger partial charge in [-0.15, -0.1) is 12.1 Å².